The Labute approximate surface area is 258 Å². The molecule has 2 aromatic carbocycles. The summed E-state index contributed by atoms with van der Waals surface area (Å²) in [5.41, 5.74) is 8.61. The molecule has 0 aliphatic carbocycles. The van der Waals surface area contributed by atoms with Crippen LogP contribution in [0.4, 0.5) is 10.2 Å². The van der Waals surface area contributed by atoms with E-state index in [4.69, 9.17) is 24.7 Å². The molecule has 12 heteroatoms. The molecule has 4 aromatic rings. The lowest BCUT2D eigenvalue weighted by molar-refractivity contribution is 0.0669. The van der Waals surface area contributed by atoms with E-state index in [-0.39, 0.29) is 18.4 Å². The maximum absolute atomic E-state index is 14.5. The summed E-state index contributed by atoms with van der Waals surface area (Å²) in [5, 5.41) is 14.5. The molecule has 0 atom stereocenters. The minimum Gasteiger partial charge on any atom is -0.487 e. The lowest BCUT2D eigenvalue weighted by atomic mass is 10.1. The molecule has 2 aromatic heterocycles. The predicted molar refractivity (Wildman–Crippen MR) is 168 cm³/mol. The molecule has 1 aliphatic rings. The Hall–Kier alpha value is -4.18. The molecule has 5 rings (SSSR count). The summed E-state index contributed by atoms with van der Waals surface area (Å²) >= 11 is 0. The van der Waals surface area contributed by atoms with Gasteiger partial charge in [-0.15, -0.1) is 0 Å². The van der Waals surface area contributed by atoms with Crippen molar-refractivity contribution < 1.29 is 23.3 Å². The second-order valence-corrected chi connectivity index (χ2v) is 17.8. The van der Waals surface area contributed by atoms with E-state index in [0.717, 1.165) is 42.6 Å². The van der Waals surface area contributed by atoms with Crippen molar-refractivity contribution in [1.82, 2.24) is 19.3 Å². The molecule has 0 unspecified atom stereocenters. The summed E-state index contributed by atoms with van der Waals surface area (Å²) in [5.74, 6) is 1.79. The number of aryl methyl sites for hydroxylation is 1. The number of rotatable bonds is 12. The van der Waals surface area contributed by atoms with Gasteiger partial charge in [0.05, 0.1) is 11.7 Å². The molecule has 0 amide bonds. The van der Waals surface area contributed by atoms with Crippen molar-refractivity contribution in [3.8, 4) is 34.6 Å². The van der Waals surface area contributed by atoms with E-state index >= 15 is 0 Å². The van der Waals surface area contributed by atoms with Gasteiger partial charge in [-0.3, -0.25) is 0 Å². The van der Waals surface area contributed by atoms with Gasteiger partial charge in [-0.25, -0.2) is 14.1 Å². The number of aromatic nitrogens is 4. The zero-order valence-corrected chi connectivity index (χ0v) is 26.7. The molecule has 0 radical (unpaired) electrons. The van der Waals surface area contributed by atoms with Crippen molar-refractivity contribution in [2.24, 2.45) is 0 Å². The van der Waals surface area contributed by atoms with E-state index in [1.54, 1.807) is 35.0 Å². The molecule has 1 aliphatic heterocycles. The average Bonchev–Trinajstić information content (AvgIpc) is 3.52. The third kappa shape index (κ3) is 7.85. The average molecular weight is 619 g/mol. The SMILES string of the molecule is Cc1nc(COc2cc(F)cc(Oc3ccc(-c4nn(C5CCOCC5)c(N)c4C#N)cc3)c2)cn1COCC[Si](C)(C)C. The molecule has 0 spiro atoms. The van der Waals surface area contributed by atoms with Crippen LogP contribution in [-0.2, 0) is 22.8 Å². The second kappa shape index (κ2) is 13.6. The quantitative estimate of drug-likeness (QED) is 0.138. The van der Waals surface area contributed by atoms with Crippen molar-refractivity contribution in [3.05, 3.63) is 71.6 Å². The maximum Gasteiger partial charge on any atom is 0.140 e. The predicted octanol–water partition coefficient (Wildman–Crippen LogP) is 6.68. The fourth-order valence-corrected chi connectivity index (χ4v) is 5.69. The van der Waals surface area contributed by atoms with Crippen LogP contribution in [0.25, 0.3) is 11.3 Å². The topological polar surface area (TPSA) is 122 Å². The number of halogens is 1. The van der Waals surface area contributed by atoms with E-state index < -0.39 is 13.9 Å². The smallest absolute Gasteiger partial charge is 0.140 e. The van der Waals surface area contributed by atoms with Crippen LogP contribution in [0.2, 0.25) is 25.7 Å². The Balaban J connectivity index is 1.22. The molecule has 1 saturated heterocycles. The second-order valence-electron chi connectivity index (χ2n) is 12.1. The molecular weight excluding hydrogens is 579 g/mol. The molecule has 232 valence electrons. The Kier molecular flexibility index (Phi) is 9.68. The summed E-state index contributed by atoms with van der Waals surface area (Å²) in [4.78, 5) is 4.55. The van der Waals surface area contributed by atoms with Gasteiger partial charge in [0, 0.05) is 57.9 Å². The van der Waals surface area contributed by atoms with Gasteiger partial charge in [-0.1, -0.05) is 19.6 Å². The van der Waals surface area contributed by atoms with E-state index in [0.29, 0.717) is 48.5 Å². The number of hydrogen-bond donors (Lipinski definition) is 1. The van der Waals surface area contributed by atoms with E-state index in [1.807, 2.05) is 17.7 Å². The number of hydrogen-bond acceptors (Lipinski definition) is 8. The largest absolute Gasteiger partial charge is 0.487 e. The van der Waals surface area contributed by atoms with Gasteiger partial charge >= 0.3 is 0 Å². The third-order valence-electron chi connectivity index (χ3n) is 7.44. The Morgan fingerprint density at radius 1 is 1.09 bits per heavy atom. The highest BCUT2D eigenvalue weighted by molar-refractivity contribution is 6.76. The van der Waals surface area contributed by atoms with Crippen molar-refractivity contribution in [3.63, 3.8) is 0 Å². The van der Waals surface area contributed by atoms with E-state index in [9.17, 15) is 9.65 Å². The van der Waals surface area contributed by atoms with Crippen molar-refractivity contribution >= 4 is 13.9 Å². The first kappa shape index (κ1) is 31.2. The first-order valence-electron chi connectivity index (χ1n) is 14.8. The zero-order valence-electron chi connectivity index (χ0n) is 25.7. The number of anilines is 1. The highest BCUT2D eigenvalue weighted by Crippen LogP contribution is 2.34. The monoisotopic (exact) mass is 618 g/mol. The molecule has 44 heavy (non-hydrogen) atoms. The summed E-state index contributed by atoms with van der Waals surface area (Å²) in [6.45, 7) is 11.5. The molecular formula is C32H39FN6O4Si. The molecule has 10 nitrogen and oxygen atoms in total. The number of nitriles is 1. The van der Waals surface area contributed by atoms with E-state index in [2.05, 4.69) is 35.8 Å². The van der Waals surface area contributed by atoms with Crippen LogP contribution in [0.1, 0.15) is 36.0 Å². The summed E-state index contributed by atoms with van der Waals surface area (Å²) in [6, 6.07) is 14.7. The van der Waals surface area contributed by atoms with Gasteiger partial charge in [-0.2, -0.15) is 10.4 Å². The minimum absolute atomic E-state index is 0.0926. The normalized spacial score (nSPS) is 14.0. The van der Waals surface area contributed by atoms with Gasteiger partial charge < -0.3 is 29.2 Å². The molecule has 3 heterocycles. The number of nitrogen functional groups attached to an aromatic ring is 1. The van der Waals surface area contributed by atoms with Crippen LogP contribution in [0, 0.1) is 24.1 Å². The van der Waals surface area contributed by atoms with Gasteiger partial charge in [0.15, 0.2) is 0 Å². The Bertz CT molecular complexity index is 1620. The first-order valence-corrected chi connectivity index (χ1v) is 18.5. The third-order valence-corrected chi connectivity index (χ3v) is 9.15. The summed E-state index contributed by atoms with van der Waals surface area (Å²) in [7, 11) is -1.15. The van der Waals surface area contributed by atoms with Crippen LogP contribution in [-0.4, -0.2) is 47.2 Å². The maximum atomic E-state index is 14.5. The summed E-state index contributed by atoms with van der Waals surface area (Å²) in [6.07, 6.45) is 3.47. The lowest BCUT2D eigenvalue weighted by Crippen LogP contribution is -2.22. The molecule has 1 fully saturated rings. The fraction of sp³-hybridized carbons (Fsp3) is 0.406. The van der Waals surface area contributed by atoms with Crippen molar-refractivity contribution in [1.29, 1.82) is 5.26 Å². The van der Waals surface area contributed by atoms with Crippen LogP contribution in [0.3, 0.4) is 0 Å². The van der Waals surface area contributed by atoms with Gasteiger partial charge in [0.1, 0.15) is 65.4 Å². The highest BCUT2D eigenvalue weighted by atomic mass is 28.3. The fourth-order valence-electron chi connectivity index (χ4n) is 4.94. The highest BCUT2D eigenvalue weighted by Gasteiger charge is 2.24. The molecule has 2 N–H and O–H groups in total. The van der Waals surface area contributed by atoms with Gasteiger partial charge in [-0.05, 0) is 50.1 Å². The number of benzene rings is 2. The first-order chi connectivity index (χ1) is 21.1. The number of nitrogens with zero attached hydrogens (tertiary/aromatic N) is 5. The zero-order chi connectivity index (χ0) is 31.3. The standard InChI is InChI=1S/C32H39FN6O4Si/c1-22-36-25(19-38(22)21-41-13-14-44(2,3)4)20-42-28-15-24(33)16-29(17-28)43-27-7-5-23(6-8-27)31-30(18-34)32(35)39(37-31)26-9-11-40-12-10-26/h5-8,15-17,19,26H,9-14,20-21,35H2,1-4H3. The number of nitrogens with two attached hydrogens (primary N) is 1. The number of ether oxygens (including phenoxy) is 4. The van der Waals surface area contributed by atoms with Crippen LogP contribution in [0.15, 0.2) is 48.7 Å². The molecule has 0 bridgehead atoms. The van der Waals surface area contributed by atoms with E-state index in [1.165, 1.54) is 12.1 Å². The molecule has 0 saturated carbocycles. The van der Waals surface area contributed by atoms with Crippen LogP contribution in [0.5, 0.6) is 17.2 Å². The van der Waals surface area contributed by atoms with Crippen molar-refractivity contribution in [2.75, 3.05) is 25.6 Å². The van der Waals surface area contributed by atoms with Gasteiger partial charge in [0.25, 0.3) is 0 Å². The Morgan fingerprint density at radius 2 is 1.82 bits per heavy atom. The van der Waals surface area contributed by atoms with Crippen LogP contribution < -0.4 is 15.2 Å². The lowest BCUT2D eigenvalue weighted by Gasteiger charge is -2.23. The number of imidazole rings is 1. The summed E-state index contributed by atoms with van der Waals surface area (Å²) < 4.78 is 41.3. The van der Waals surface area contributed by atoms with Crippen LogP contribution >= 0.6 is 0 Å². The minimum atomic E-state index is -1.15. The van der Waals surface area contributed by atoms with Crippen molar-refractivity contribution in [2.45, 2.75) is 64.8 Å². The van der Waals surface area contributed by atoms with Gasteiger partial charge in [0.2, 0.25) is 0 Å². The Morgan fingerprint density at radius 3 is 2.52 bits per heavy atom.